The molecule has 0 aromatic heterocycles. The highest BCUT2D eigenvalue weighted by Crippen LogP contribution is 2.14. The molecule has 1 atom stereocenters. The lowest BCUT2D eigenvalue weighted by Gasteiger charge is -2.14. The fourth-order valence-electron chi connectivity index (χ4n) is 1.77. The highest BCUT2D eigenvalue weighted by Gasteiger charge is 2.06. The first kappa shape index (κ1) is 15.3. The van der Waals surface area contributed by atoms with Crippen molar-refractivity contribution < 1.29 is 18.6 Å². The van der Waals surface area contributed by atoms with Crippen LogP contribution in [0, 0.1) is 18.6 Å². The lowest BCUT2D eigenvalue weighted by Crippen LogP contribution is -2.26. The zero-order valence-corrected chi connectivity index (χ0v) is 11.6. The van der Waals surface area contributed by atoms with Gasteiger partial charge in [0.15, 0.2) is 0 Å². The minimum Gasteiger partial charge on any atom is -0.491 e. The number of benzene rings is 2. The first-order chi connectivity index (χ1) is 10.0. The fourth-order valence-corrected chi connectivity index (χ4v) is 1.77. The SMILES string of the molecule is Cc1cc(NCC(O)COc2ccc(F)cc2)ccc1F. The number of nitrogens with one attached hydrogen (secondary N) is 1. The van der Waals surface area contributed by atoms with Gasteiger partial charge in [-0.05, 0) is 55.0 Å². The van der Waals surface area contributed by atoms with E-state index < -0.39 is 6.10 Å². The molecule has 2 rings (SSSR count). The smallest absolute Gasteiger partial charge is 0.126 e. The van der Waals surface area contributed by atoms with Crippen LogP contribution in [-0.4, -0.2) is 24.4 Å². The lowest BCUT2D eigenvalue weighted by molar-refractivity contribution is 0.117. The van der Waals surface area contributed by atoms with E-state index >= 15 is 0 Å². The van der Waals surface area contributed by atoms with E-state index in [1.807, 2.05) is 0 Å². The van der Waals surface area contributed by atoms with Crippen molar-refractivity contribution in [3.63, 3.8) is 0 Å². The van der Waals surface area contributed by atoms with Crippen molar-refractivity contribution in [2.45, 2.75) is 13.0 Å². The summed E-state index contributed by atoms with van der Waals surface area (Å²) >= 11 is 0. The van der Waals surface area contributed by atoms with Gasteiger partial charge in [0.1, 0.15) is 30.1 Å². The van der Waals surface area contributed by atoms with Gasteiger partial charge in [0, 0.05) is 12.2 Å². The first-order valence-corrected chi connectivity index (χ1v) is 6.61. The van der Waals surface area contributed by atoms with Gasteiger partial charge in [-0.1, -0.05) is 0 Å². The van der Waals surface area contributed by atoms with E-state index in [2.05, 4.69) is 5.32 Å². The van der Waals surface area contributed by atoms with Crippen molar-refractivity contribution in [3.8, 4) is 5.75 Å². The normalized spacial score (nSPS) is 12.0. The van der Waals surface area contributed by atoms with Crippen molar-refractivity contribution in [3.05, 3.63) is 59.7 Å². The van der Waals surface area contributed by atoms with E-state index in [0.29, 0.717) is 11.3 Å². The van der Waals surface area contributed by atoms with Crippen molar-refractivity contribution >= 4 is 5.69 Å². The Balaban J connectivity index is 1.77. The molecule has 2 aromatic rings. The second-order valence-corrected chi connectivity index (χ2v) is 4.76. The molecule has 0 bridgehead atoms. The number of hydrogen-bond donors (Lipinski definition) is 2. The van der Waals surface area contributed by atoms with Crippen molar-refractivity contribution in [1.29, 1.82) is 0 Å². The summed E-state index contributed by atoms with van der Waals surface area (Å²) in [4.78, 5) is 0. The number of hydrogen-bond acceptors (Lipinski definition) is 3. The van der Waals surface area contributed by atoms with Gasteiger partial charge in [0.25, 0.3) is 0 Å². The van der Waals surface area contributed by atoms with Crippen LogP contribution in [0.5, 0.6) is 5.75 Å². The Labute approximate surface area is 122 Å². The maximum atomic E-state index is 13.1. The van der Waals surface area contributed by atoms with Crippen LogP contribution >= 0.6 is 0 Å². The average Bonchev–Trinajstić information content (AvgIpc) is 2.48. The van der Waals surface area contributed by atoms with Crippen LogP contribution in [0.4, 0.5) is 14.5 Å². The Morgan fingerprint density at radius 1 is 1.14 bits per heavy atom. The molecule has 3 nitrogen and oxygen atoms in total. The Bertz CT molecular complexity index is 587. The van der Waals surface area contributed by atoms with Crippen LogP contribution in [0.3, 0.4) is 0 Å². The first-order valence-electron chi connectivity index (χ1n) is 6.61. The zero-order valence-electron chi connectivity index (χ0n) is 11.6. The summed E-state index contributed by atoms with van der Waals surface area (Å²) in [6.07, 6.45) is -0.736. The monoisotopic (exact) mass is 293 g/mol. The number of aryl methyl sites for hydroxylation is 1. The topological polar surface area (TPSA) is 41.5 Å². The molecule has 5 heteroatoms. The minimum absolute atomic E-state index is 0.0822. The molecular weight excluding hydrogens is 276 g/mol. The van der Waals surface area contributed by atoms with Gasteiger partial charge >= 0.3 is 0 Å². The summed E-state index contributed by atoms with van der Waals surface area (Å²) in [5, 5.41) is 12.8. The van der Waals surface area contributed by atoms with Gasteiger partial charge in [-0.3, -0.25) is 0 Å². The van der Waals surface area contributed by atoms with Crippen LogP contribution < -0.4 is 10.1 Å². The molecule has 0 fully saturated rings. The molecule has 0 aliphatic heterocycles. The van der Waals surface area contributed by atoms with Gasteiger partial charge in [-0.2, -0.15) is 0 Å². The van der Waals surface area contributed by atoms with Gasteiger partial charge in [0.2, 0.25) is 0 Å². The van der Waals surface area contributed by atoms with Crippen molar-refractivity contribution in [2.24, 2.45) is 0 Å². The molecule has 0 saturated heterocycles. The molecule has 0 aliphatic rings. The van der Waals surface area contributed by atoms with Crippen LogP contribution in [0.1, 0.15) is 5.56 Å². The summed E-state index contributed by atoms with van der Waals surface area (Å²) in [5.74, 6) is -0.106. The van der Waals surface area contributed by atoms with E-state index in [9.17, 15) is 13.9 Å². The summed E-state index contributed by atoms with van der Waals surface area (Å²) in [6, 6.07) is 10.2. The molecule has 0 spiro atoms. The standard InChI is InChI=1S/C16H17F2NO2/c1-11-8-13(4-7-16(11)18)19-9-14(20)10-21-15-5-2-12(17)3-6-15/h2-8,14,19-20H,9-10H2,1H3. The number of aliphatic hydroxyl groups excluding tert-OH is 1. The predicted molar refractivity (Wildman–Crippen MR) is 77.5 cm³/mol. The van der Waals surface area contributed by atoms with E-state index in [4.69, 9.17) is 4.74 Å². The van der Waals surface area contributed by atoms with Crippen LogP contribution in [0.15, 0.2) is 42.5 Å². The van der Waals surface area contributed by atoms with Crippen LogP contribution in [0.25, 0.3) is 0 Å². The molecule has 0 aliphatic carbocycles. The third kappa shape index (κ3) is 4.72. The van der Waals surface area contributed by atoms with Crippen LogP contribution in [-0.2, 0) is 0 Å². The Morgan fingerprint density at radius 3 is 2.52 bits per heavy atom. The molecule has 0 radical (unpaired) electrons. The molecule has 21 heavy (non-hydrogen) atoms. The second-order valence-electron chi connectivity index (χ2n) is 4.76. The predicted octanol–water partition coefficient (Wildman–Crippen LogP) is 3.13. The van der Waals surface area contributed by atoms with E-state index in [1.165, 1.54) is 30.3 Å². The third-order valence-corrected chi connectivity index (χ3v) is 2.96. The summed E-state index contributed by atoms with van der Waals surface area (Å²) in [7, 11) is 0. The summed E-state index contributed by atoms with van der Waals surface area (Å²) < 4.78 is 31.2. The minimum atomic E-state index is -0.736. The van der Waals surface area contributed by atoms with Gasteiger partial charge in [0.05, 0.1) is 0 Å². The molecule has 0 heterocycles. The fraction of sp³-hybridized carbons (Fsp3) is 0.250. The Kier molecular flexibility index (Phi) is 5.11. The number of halogens is 2. The van der Waals surface area contributed by atoms with E-state index in [-0.39, 0.29) is 24.8 Å². The van der Waals surface area contributed by atoms with Crippen molar-refractivity contribution in [2.75, 3.05) is 18.5 Å². The highest BCUT2D eigenvalue weighted by molar-refractivity contribution is 5.45. The lowest BCUT2D eigenvalue weighted by atomic mass is 10.2. The van der Waals surface area contributed by atoms with Crippen molar-refractivity contribution in [1.82, 2.24) is 0 Å². The second kappa shape index (κ2) is 7.04. The Morgan fingerprint density at radius 2 is 1.86 bits per heavy atom. The molecular formula is C16H17F2NO2. The number of aliphatic hydroxyl groups is 1. The van der Waals surface area contributed by atoms with E-state index in [0.717, 1.165) is 5.69 Å². The number of ether oxygens (including phenoxy) is 1. The van der Waals surface area contributed by atoms with Gasteiger partial charge in [-0.25, -0.2) is 8.78 Å². The average molecular weight is 293 g/mol. The highest BCUT2D eigenvalue weighted by atomic mass is 19.1. The molecule has 0 saturated carbocycles. The van der Waals surface area contributed by atoms with E-state index in [1.54, 1.807) is 19.1 Å². The van der Waals surface area contributed by atoms with Gasteiger partial charge < -0.3 is 15.2 Å². The molecule has 2 aromatic carbocycles. The van der Waals surface area contributed by atoms with Crippen LogP contribution in [0.2, 0.25) is 0 Å². The maximum absolute atomic E-state index is 13.1. The zero-order chi connectivity index (χ0) is 15.2. The molecule has 112 valence electrons. The Hall–Kier alpha value is -2.14. The number of rotatable bonds is 6. The number of anilines is 1. The molecule has 0 amide bonds. The quantitative estimate of drug-likeness (QED) is 0.860. The molecule has 1 unspecified atom stereocenters. The van der Waals surface area contributed by atoms with Gasteiger partial charge in [-0.15, -0.1) is 0 Å². The summed E-state index contributed by atoms with van der Waals surface area (Å²) in [6.45, 7) is 2.03. The summed E-state index contributed by atoms with van der Waals surface area (Å²) in [5.41, 5.74) is 1.27. The largest absolute Gasteiger partial charge is 0.491 e. The maximum Gasteiger partial charge on any atom is 0.126 e. The molecule has 2 N–H and O–H groups in total. The third-order valence-electron chi connectivity index (χ3n) is 2.96.